The van der Waals surface area contributed by atoms with Crippen molar-refractivity contribution in [2.75, 3.05) is 0 Å². The minimum Gasteiger partial charge on any atom is -0.399 e. The Bertz CT molecular complexity index is 1310. The number of benzene rings is 4. The first kappa shape index (κ1) is 21.1. The summed E-state index contributed by atoms with van der Waals surface area (Å²) in [6, 6.07) is 34.1. The maximum absolute atomic E-state index is 13.7. The van der Waals surface area contributed by atoms with Crippen LogP contribution in [0.15, 0.2) is 103 Å². The molecule has 2 aliphatic rings. The number of fused-ring (bicyclic) bond motifs is 1. The van der Waals surface area contributed by atoms with Crippen LogP contribution >= 0.6 is 0 Å². The largest absolute Gasteiger partial charge is 0.494 e. The second-order valence-electron chi connectivity index (χ2n) is 9.69. The normalized spacial score (nSPS) is 22.9. The van der Waals surface area contributed by atoms with Gasteiger partial charge in [0, 0.05) is 17.5 Å². The molecule has 4 aromatic carbocycles. The van der Waals surface area contributed by atoms with E-state index in [0.717, 1.165) is 34.1 Å². The van der Waals surface area contributed by atoms with E-state index >= 15 is 0 Å². The summed E-state index contributed by atoms with van der Waals surface area (Å²) in [5, 5.41) is 0. The molecule has 1 aliphatic carbocycles. The second kappa shape index (κ2) is 7.80. The lowest BCUT2D eigenvalue weighted by molar-refractivity contribution is 0.103. The van der Waals surface area contributed by atoms with Crippen molar-refractivity contribution < 1.29 is 14.1 Å². The summed E-state index contributed by atoms with van der Waals surface area (Å²) in [5.74, 6) is -0.0163. The molecule has 2 unspecified atom stereocenters. The molecule has 4 aromatic rings. The Morgan fingerprint density at radius 1 is 0.647 bits per heavy atom. The topological polar surface area (TPSA) is 35.5 Å². The van der Waals surface area contributed by atoms with Crippen LogP contribution in [0.25, 0.3) is 22.3 Å². The molecule has 166 valence electrons. The third kappa shape index (κ3) is 3.60. The maximum atomic E-state index is 13.7. The highest BCUT2D eigenvalue weighted by molar-refractivity contribution is 6.62. The molecule has 2 fully saturated rings. The molecule has 0 N–H and O–H groups in total. The third-order valence-electron chi connectivity index (χ3n) is 7.23. The summed E-state index contributed by atoms with van der Waals surface area (Å²) in [7, 11) is -0.438. The van der Waals surface area contributed by atoms with Gasteiger partial charge in [-0.2, -0.15) is 0 Å². The monoisotopic (exact) mass is 444 g/mol. The van der Waals surface area contributed by atoms with E-state index in [-0.39, 0.29) is 17.0 Å². The number of carbonyl (C=O) groups is 1. The van der Waals surface area contributed by atoms with Crippen molar-refractivity contribution in [3.8, 4) is 22.3 Å². The zero-order chi connectivity index (χ0) is 23.3. The van der Waals surface area contributed by atoms with E-state index in [1.54, 1.807) is 0 Å². The van der Waals surface area contributed by atoms with Crippen LogP contribution in [-0.4, -0.2) is 24.1 Å². The second-order valence-corrected chi connectivity index (χ2v) is 9.69. The maximum Gasteiger partial charge on any atom is 0.494 e. The van der Waals surface area contributed by atoms with E-state index in [1.807, 2.05) is 72.8 Å². The summed E-state index contributed by atoms with van der Waals surface area (Å²) in [6.45, 7) is 4.17. The van der Waals surface area contributed by atoms with Crippen LogP contribution in [0.1, 0.15) is 36.2 Å². The van der Waals surface area contributed by atoms with E-state index < -0.39 is 7.12 Å². The van der Waals surface area contributed by atoms with Crippen LogP contribution < -0.4 is 5.46 Å². The van der Waals surface area contributed by atoms with E-state index in [1.165, 1.54) is 0 Å². The molecule has 6 rings (SSSR count). The molecular formula is C30H25BO3. The Balaban J connectivity index is 1.38. The highest BCUT2D eigenvalue weighted by atomic mass is 16.7. The van der Waals surface area contributed by atoms with E-state index in [4.69, 9.17) is 9.31 Å². The van der Waals surface area contributed by atoms with Gasteiger partial charge in [-0.1, -0.05) is 84.9 Å². The lowest BCUT2D eigenvalue weighted by atomic mass is 9.77. The number of carbonyl (C=O) groups excluding carboxylic acids is 1. The quantitative estimate of drug-likeness (QED) is 0.283. The first-order chi connectivity index (χ1) is 16.4. The first-order valence-corrected chi connectivity index (χ1v) is 11.7. The number of hydrogen-bond acceptors (Lipinski definition) is 3. The number of hydrogen-bond donors (Lipinski definition) is 0. The molecule has 1 saturated heterocycles. The van der Waals surface area contributed by atoms with Crippen molar-refractivity contribution >= 4 is 18.4 Å². The highest BCUT2D eigenvalue weighted by Crippen LogP contribution is 2.58. The fourth-order valence-electron chi connectivity index (χ4n) is 4.91. The standard InChI is InChI=1S/C30H25BO3/c1-29-20-30(29,2)34-31(33-29)27-15-9-14-23(19-27)28(32)26-17-24(21-10-5-3-6-11-21)16-25(18-26)22-12-7-4-8-13-22/h3-19H,20H2,1-2H3. The molecule has 1 aliphatic heterocycles. The summed E-state index contributed by atoms with van der Waals surface area (Å²) in [4.78, 5) is 13.7. The van der Waals surface area contributed by atoms with E-state index in [2.05, 4.69) is 44.2 Å². The first-order valence-electron chi connectivity index (χ1n) is 11.7. The van der Waals surface area contributed by atoms with Gasteiger partial charge in [0.1, 0.15) is 0 Å². The van der Waals surface area contributed by atoms with Crippen molar-refractivity contribution in [3.05, 3.63) is 114 Å². The van der Waals surface area contributed by atoms with Crippen molar-refractivity contribution in [2.24, 2.45) is 0 Å². The minimum absolute atomic E-state index is 0.0163. The predicted molar refractivity (Wildman–Crippen MR) is 136 cm³/mol. The Labute approximate surface area is 200 Å². The van der Waals surface area contributed by atoms with Gasteiger partial charge in [0.2, 0.25) is 0 Å². The Hall–Kier alpha value is -3.47. The molecule has 1 heterocycles. The van der Waals surface area contributed by atoms with Crippen LogP contribution in [0.3, 0.4) is 0 Å². The fourth-order valence-corrected chi connectivity index (χ4v) is 4.91. The molecule has 2 atom stereocenters. The van der Waals surface area contributed by atoms with Gasteiger partial charge in [-0.25, -0.2) is 0 Å². The van der Waals surface area contributed by atoms with Gasteiger partial charge in [0.05, 0.1) is 11.2 Å². The van der Waals surface area contributed by atoms with Gasteiger partial charge in [-0.15, -0.1) is 0 Å². The number of ketones is 1. The predicted octanol–water partition coefficient (Wildman–Crippen LogP) is 5.91. The molecule has 4 heteroatoms. The molecule has 0 aromatic heterocycles. The molecule has 34 heavy (non-hydrogen) atoms. The fraction of sp³-hybridized carbons (Fsp3) is 0.167. The smallest absolute Gasteiger partial charge is 0.399 e. The molecule has 0 amide bonds. The third-order valence-corrected chi connectivity index (χ3v) is 7.23. The van der Waals surface area contributed by atoms with Crippen molar-refractivity contribution in [2.45, 2.75) is 31.5 Å². The molecule has 1 saturated carbocycles. The van der Waals surface area contributed by atoms with Crippen molar-refractivity contribution in [1.29, 1.82) is 0 Å². The van der Waals surface area contributed by atoms with Gasteiger partial charge in [-0.05, 0) is 59.8 Å². The van der Waals surface area contributed by atoms with Gasteiger partial charge in [0.25, 0.3) is 0 Å². The Kier molecular flexibility index (Phi) is 4.84. The molecular weight excluding hydrogens is 419 g/mol. The van der Waals surface area contributed by atoms with Crippen LogP contribution in [0, 0.1) is 0 Å². The van der Waals surface area contributed by atoms with Gasteiger partial charge in [-0.3, -0.25) is 4.79 Å². The van der Waals surface area contributed by atoms with Crippen LogP contribution in [-0.2, 0) is 9.31 Å². The zero-order valence-electron chi connectivity index (χ0n) is 19.3. The average Bonchev–Trinajstić information content (AvgIpc) is 3.31. The van der Waals surface area contributed by atoms with Crippen LogP contribution in [0.4, 0.5) is 0 Å². The highest BCUT2D eigenvalue weighted by Gasteiger charge is 2.71. The summed E-state index contributed by atoms with van der Waals surface area (Å²) in [6.07, 6.45) is 0.906. The Morgan fingerprint density at radius 2 is 1.21 bits per heavy atom. The van der Waals surface area contributed by atoms with Crippen LogP contribution in [0.2, 0.25) is 0 Å². The average molecular weight is 444 g/mol. The minimum atomic E-state index is -0.438. The lowest BCUT2D eigenvalue weighted by Gasteiger charge is -2.13. The lowest BCUT2D eigenvalue weighted by Crippen LogP contribution is -2.36. The SMILES string of the molecule is CC12CC1(C)OB(c1cccc(C(=O)c3cc(-c4ccccc4)cc(-c4ccccc4)c3)c1)O2. The Morgan fingerprint density at radius 3 is 1.76 bits per heavy atom. The van der Waals surface area contributed by atoms with E-state index in [0.29, 0.717) is 11.1 Å². The number of rotatable bonds is 5. The molecule has 0 bridgehead atoms. The summed E-state index contributed by atoms with van der Waals surface area (Å²) in [5.41, 5.74) is 5.90. The van der Waals surface area contributed by atoms with Crippen LogP contribution in [0.5, 0.6) is 0 Å². The van der Waals surface area contributed by atoms with Crippen molar-refractivity contribution in [3.63, 3.8) is 0 Å². The van der Waals surface area contributed by atoms with Gasteiger partial charge in [0.15, 0.2) is 5.78 Å². The zero-order valence-corrected chi connectivity index (χ0v) is 19.3. The molecule has 0 radical (unpaired) electrons. The summed E-state index contributed by atoms with van der Waals surface area (Å²) >= 11 is 0. The van der Waals surface area contributed by atoms with E-state index in [9.17, 15) is 4.79 Å². The van der Waals surface area contributed by atoms with Gasteiger partial charge < -0.3 is 9.31 Å². The molecule has 3 nitrogen and oxygen atoms in total. The summed E-state index contributed by atoms with van der Waals surface area (Å²) < 4.78 is 12.3. The van der Waals surface area contributed by atoms with Crippen molar-refractivity contribution in [1.82, 2.24) is 0 Å². The van der Waals surface area contributed by atoms with Gasteiger partial charge >= 0.3 is 7.12 Å². The molecule has 0 spiro atoms.